The molecule has 4 heteroatoms. The molecule has 88 valence electrons. The number of hydrogen-bond donors (Lipinski definition) is 1. The molecule has 0 aromatic heterocycles. The predicted molar refractivity (Wildman–Crippen MR) is 68.3 cm³/mol. The molecule has 0 fully saturated rings. The number of anilines is 1. The maximum Gasteiger partial charge on any atom is 0.339 e. The molecule has 0 heterocycles. The Balaban J connectivity index is 2.84. The summed E-state index contributed by atoms with van der Waals surface area (Å²) < 4.78 is 5.95. The Bertz CT molecular complexity index is 375. The Morgan fingerprint density at radius 1 is 1.44 bits per heavy atom. The van der Waals surface area contributed by atoms with Crippen LogP contribution in [0.1, 0.15) is 37.0 Å². The second-order valence-corrected chi connectivity index (χ2v) is 4.35. The van der Waals surface area contributed by atoms with Crippen molar-refractivity contribution in [3.8, 4) is 0 Å². The smallest absolute Gasteiger partial charge is 0.339 e. The molecular weight excluding hydrogens is 270 g/mol. The number of benzene rings is 1. The Kier molecular flexibility index (Phi) is 4.80. The Morgan fingerprint density at radius 2 is 2.06 bits per heavy atom. The van der Waals surface area contributed by atoms with E-state index in [9.17, 15) is 4.79 Å². The van der Waals surface area contributed by atoms with E-state index in [0.717, 1.165) is 12.8 Å². The molecule has 0 bridgehead atoms. The van der Waals surface area contributed by atoms with Crippen molar-refractivity contribution in [1.29, 1.82) is 0 Å². The lowest BCUT2D eigenvalue weighted by Gasteiger charge is -2.14. The number of rotatable bonds is 4. The Morgan fingerprint density at radius 3 is 2.62 bits per heavy atom. The summed E-state index contributed by atoms with van der Waals surface area (Å²) in [6, 6.07) is 5.17. The molecule has 0 radical (unpaired) electrons. The van der Waals surface area contributed by atoms with Gasteiger partial charge in [-0.05, 0) is 40.9 Å². The van der Waals surface area contributed by atoms with E-state index in [-0.39, 0.29) is 12.1 Å². The lowest BCUT2D eigenvalue weighted by molar-refractivity contribution is 0.0283. The highest BCUT2D eigenvalue weighted by Crippen LogP contribution is 2.25. The number of esters is 1. The Labute approximate surface area is 104 Å². The summed E-state index contributed by atoms with van der Waals surface area (Å²) in [5.74, 6) is -0.326. The van der Waals surface area contributed by atoms with Gasteiger partial charge in [0, 0.05) is 5.69 Å². The molecule has 0 amide bonds. The molecule has 1 rings (SSSR count). The van der Waals surface area contributed by atoms with Gasteiger partial charge >= 0.3 is 5.97 Å². The van der Waals surface area contributed by atoms with E-state index < -0.39 is 0 Å². The molecule has 0 saturated carbocycles. The van der Waals surface area contributed by atoms with Gasteiger partial charge < -0.3 is 10.5 Å². The quantitative estimate of drug-likeness (QED) is 0.682. The summed E-state index contributed by atoms with van der Waals surface area (Å²) in [6.07, 6.45) is 1.62. The third kappa shape index (κ3) is 2.98. The van der Waals surface area contributed by atoms with Crippen LogP contribution in [0.25, 0.3) is 0 Å². The summed E-state index contributed by atoms with van der Waals surface area (Å²) in [6.45, 7) is 3.99. The van der Waals surface area contributed by atoms with Gasteiger partial charge in [-0.2, -0.15) is 0 Å². The van der Waals surface area contributed by atoms with E-state index in [4.69, 9.17) is 10.5 Å². The van der Waals surface area contributed by atoms with Gasteiger partial charge in [-0.15, -0.1) is 0 Å². The maximum absolute atomic E-state index is 11.8. The second-order valence-electron chi connectivity index (χ2n) is 3.55. The van der Waals surface area contributed by atoms with Crippen molar-refractivity contribution in [1.82, 2.24) is 0 Å². The van der Waals surface area contributed by atoms with E-state index in [1.807, 2.05) is 13.8 Å². The highest BCUT2D eigenvalue weighted by Gasteiger charge is 2.16. The number of hydrogen-bond acceptors (Lipinski definition) is 3. The molecule has 0 unspecified atom stereocenters. The molecule has 1 aromatic rings. The molecule has 0 spiro atoms. The molecule has 3 nitrogen and oxygen atoms in total. The largest absolute Gasteiger partial charge is 0.459 e. The van der Waals surface area contributed by atoms with Gasteiger partial charge in [0.2, 0.25) is 0 Å². The average molecular weight is 286 g/mol. The van der Waals surface area contributed by atoms with Crippen molar-refractivity contribution >= 4 is 27.6 Å². The lowest BCUT2D eigenvalue weighted by atomic mass is 10.2. The van der Waals surface area contributed by atoms with E-state index in [2.05, 4.69) is 15.9 Å². The lowest BCUT2D eigenvalue weighted by Crippen LogP contribution is -2.17. The third-order valence-corrected chi connectivity index (χ3v) is 3.32. The van der Waals surface area contributed by atoms with Gasteiger partial charge in [0.25, 0.3) is 0 Å². The summed E-state index contributed by atoms with van der Waals surface area (Å²) in [7, 11) is 0. The van der Waals surface area contributed by atoms with Crippen LogP contribution in [0.15, 0.2) is 22.7 Å². The molecule has 16 heavy (non-hydrogen) atoms. The van der Waals surface area contributed by atoms with Crippen LogP contribution in [0.4, 0.5) is 5.69 Å². The first-order chi connectivity index (χ1) is 7.60. The Hall–Kier alpha value is -1.03. The molecule has 0 saturated heterocycles. The summed E-state index contributed by atoms with van der Waals surface area (Å²) in [5.41, 5.74) is 6.72. The van der Waals surface area contributed by atoms with Crippen LogP contribution < -0.4 is 5.73 Å². The van der Waals surface area contributed by atoms with Crippen LogP contribution >= 0.6 is 15.9 Å². The number of nitrogens with two attached hydrogens (primary N) is 1. The van der Waals surface area contributed by atoms with Gasteiger partial charge in [0.1, 0.15) is 6.10 Å². The molecule has 1 aromatic carbocycles. The normalized spacial score (nSPS) is 10.5. The van der Waals surface area contributed by atoms with Crippen LogP contribution in [0.3, 0.4) is 0 Å². The van der Waals surface area contributed by atoms with Crippen LogP contribution in [-0.2, 0) is 4.74 Å². The number of halogens is 1. The summed E-state index contributed by atoms with van der Waals surface area (Å²) >= 11 is 3.29. The summed E-state index contributed by atoms with van der Waals surface area (Å²) in [4.78, 5) is 11.8. The summed E-state index contributed by atoms with van der Waals surface area (Å²) in [5, 5.41) is 0. The topological polar surface area (TPSA) is 52.3 Å². The number of carbonyl (C=O) groups is 1. The molecular formula is C12H16BrNO2. The first kappa shape index (κ1) is 13.0. The van der Waals surface area contributed by atoms with Crippen LogP contribution in [0, 0.1) is 0 Å². The number of carbonyl (C=O) groups excluding carboxylic acids is 1. The zero-order valence-corrected chi connectivity index (χ0v) is 11.1. The first-order valence-electron chi connectivity index (χ1n) is 5.35. The SMILES string of the molecule is CCC(CC)OC(=O)c1cccc(N)c1Br. The minimum atomic E-state index is -0.326. The van der Waals surface area contributed by atoms with E-state index >= 15 is 0 Å². The van der Waals surface area contributed by atoms with Gasteiger partial charge in [0.15, 0.2) is 0 Å². The van der Waals surface area contributed by atoms with Gasteiger partial charge in [-0.1, -0.05) is 19.9 Å². The van der Waals surface area contributed by atoms with Crippen molar-refractivity contribution in [2.24, 2.45) is 0 Å². The highest BCUT2D eigenvalue weighted by molar-refractivity contribution is 9.10. The van der Waals surface area contributed by atoms with Crippen molar-refractivity contribution in [3.63, 3.8) is 0 Å². The average Bonchev–Trinajstić information content (AvgIpc) is 2.29. The fraction of sp³-hybridized carbons (Fsp3) is 0.417. The second kappa shape index (κ2) is 5.89. The molecule has 0 atom stereocenters. The van der Waals surface area contributed by atoms with Crippen molar-refractivity contribution in [3.05, 3.63) is 28.2 Å². The minimum absolute atomic E-state index is 0.0270. The van der Waals surface area contributed by atoms with Crippen molar-refractivity contribution < 1.29 is 9.53 Å². The number of nitrogen functional groups attached to an aromatic ring is 1. The first-order valence-corrected chi connectivity index (χ1v) is 6.14. The fourth-order valence-corrected chi connectivity index (χ4v) is 1.80. The molecule has 0 aliphatic heterocycles. The minimum Gasteiger partial charge on any atom is -0.459 e. The van der Waals surface area contributed by atoms with E-state index in [0.29, 0.717) is 15.7 Å². The molecule has 0 aliphatic carbocycles. The fourth-order valence-electron chi connectivity index (χ4n) is 1.38. The zero-order valence-electron chi connectivity index (χ0n) is 9.50. The highest BCUT2D eigenvalue weighted by atomic mass is 79.9. The number of ether oxygens (including phenoxy) is 1. The third-order valence-electron chi connectivity index (χ3n) is 2.43. The van der Waals surface area contributed by atoms with Gasteiger partial charge in [0.05, 0.1) is 10.0 Å². The monoisotopic (exact) mass is 285 g/mol. The van der Waals surface area contributed by atoms with Crippen molar-refractivity contribution in [2.45, 2.75) is 32.8 Å². The standard InChI is InChI=1S/C12H16BrNO2/c1-3-8(4-2)16-12(15)9-6-5-7-10(14)11(9)13/h5-8H,3-4,14H2,1-2H3. The molecule has 0 aliphatic rings. The zero-order chi connectivity index (χ0) is 12.1. The van der Waals surface area contributed by atoms with Crippen LogP contribution in [0.5, 0.6) is 0 Å². The van der Waals surface area contributed by atoms with Crippen LogP contribution in [-0.4, -0.2) is 12.1 Å². The maximum atomic E-state index is 11.8. The van der Waals surface area contributed by atoms with E-state index in [1.165, 1.54) is 0 Å². The van der Waals surface area contributed by atoms with E-state index in [1.54, 1.807) is 18.2 Å². The van der Waals surface area contributed by atoms with Crippen molar-refractivity contribution in [2.75, 3.05) is 5.73 Å². The molecule has 2 N–H and O–H groups in total. The predicted octanol–water partition coefficient (Wildman–Crippen LogP) is 3.38. The van der Waals surface area contributed by atoms with Gasteiger partial charge in [-0.25, -0.2) is 4.79 Å². The van der Waals surface area contributed by atoms with Crippen LogP contribution in [0.2, 0.25) is 0 Å². The van der Waals surface area contributed by atoms with Gasteiger partial charge in [-0.3, -0.25) is 0 Å².